The summed E-state index contributed by atoms with van der Waals surface area (Å²) in [5, 5.41) is 11.3. The molecule has 0 aliphatic carbocycles. The van der Waals surface area contributed by atoms with Gasteiger partial charge in [0.05, 0.1) is 0 Å². The minimum absolute atomic E-state index is 0.0359. The molecule has 0 bridgehead atoms. The van der Waals surface area contributed by atoms with Gasteiger partial charge in [0, 0.05) is 18.9 Å². The number of rotatable bonds is 7. The number of carbonyl (C=O) groups excluding carboxylic acids is 1. The Morgan fingerprint density at radius 2 is 2.00 bits per heavy atom. The monoisotopic (exact) mass is 274 g/mol. The van der Waals surface area contributed by atoms with Crippen LogP contribution in [0, 0.1) is 12.3 Å². The van der Waals surface area contributed by atoms with Gasteiger partial charge in [-0.3, -0.25) is 4.79 Å². The van der Waals surface area contributed by atoms with Crippen molar-refractivity contribution < 1.29 is 14.7 Å². The highest BCUT2D eigenvalue weighted by Crippen LogP contribution is 2.14. The van der Waals surface area contributed by atoms with E-state index in [4.69, 9.17) is 17.3 Å². The highest BCUT2D eigenvalue weighted by Gasteiger charge is 2.19. The largest absolute Gasteiger partial charge is 0.480 e. The number of amides is 1. The van der Waals surface area contributed by atoms with Crippen LogP contribution in [0.25, 0.3) is 0 Å². The van der Waals surface area contributed by atoms with Gasteiger partial charge in [0.25, 0.3) is 0 Å². The van der Waals surface area contributed by atoms with Gasteiger partial charge in [-0.2, -0.15) is 0 Å². The molecule has 1 rings (SSSR count). The van der Waals surface area contributed by atoms with Gasteiger partial charge in [-0.1, -0.05) is 30.3 Å². The van der Waals surface area contributed by atoms with Crippen LogP contribution in [0.5, 0.6) is 0 Å². The zero-order chi connectivity index (χ0) is 15.0. The molecule has 5 nitrogen and oxygen atoms in total. The summed E-state index contributed by atoms with van der Waals surface area (Å²) in [6.07, 6.45) is 5.62. The number of terminal acetylenes is 1. The molecule has 1 aromatic carbocycles. The quantitative estimate of drug-likeness (QED) is 0.648. The Hall–Kier alpha value is -2.32. The summed E-state index contributed by atoms with van der Waals surface area (Å²) in [6.45, 7) is 0. The Morgan fingerprint density at radius 1 is 1.35 bits per heavy atom. The fourth-order valence-electron chi connectivity index (χ4n) is 1.74. The van der Waals surface area contributed by atoms with Gasteiger partial charge in [0.2, 0.25) is 5.91 Å². The smallest absolute Gasteiger partial charge is 0.327 e. The molecule has 5 heteroatoms. The van der Waals surface area contributed by atoms with Crippen molar-refractivity contribution in [2.75, 3.05) is 0 Å². The van der Waals surface area contributed by atoms with Crippen molar-refractivity contribution in [3.05, 3.63) is 35.9 Å². The molecule has 1 aromatic rings. The Bertz CT molecular complexity index is 494. The first-order valence-corrected chi connectivity index (χ1v) is 6.30. The summed E-state index contributed by atoms with van der Waals surface area (Å²) in [5.41, 5.74) is 6.91. The molecule has 0 heterocycles. The van der Waals surface area contributed by atoms with Crippen LogP contribution in [0.2, 0.25) is 0 Å². The molecule has 0 aromatic heterocycles. The van der Waals surface area contributed by atoms with Crippen LogP contribution in [-0.4, -0.2) is 23.0 Å². The maximum Gasteiger partial charge on any atom is 0.327 e. The topological polar surface area (TPSA) is 92.4 Å². The maximum absolute atomic E-state index is 11.7. The molecule has 0 saturated carbocycles. The van der Waals surface area contributed by atoms with Crippen molar-refractivity contribution in [2.45, 2.75) is 31.3 Å². The maximum atomic E-state index is 11.7. The zero-order valence-corrected chi connectivity index (χ0v) is 11.1. The summed E-state index contributed by atoms with van der Waals surface area (Å²) in [4.78, 5) is 22.5. The van der Waals surface area contributed by atoms with E-state index in [1.807, 2.05) is 30.3 Å². The van der Waals surface area contributed by atoms with Crippen LogP contribution in [0.4, 0.5) is 0 Å². The fourth-order valence-corrected chi connectivity index (χ4v) is 1.74. The molecule has 0 fully saturated rings. The number of hydrogen-bond acceptors (Lipinski definition) is 3. The summed E-state index contributed by atoms with van der Waals surface area (Å²) in [5.74, 6) is 0.727. The second kappa shape index (κ2) is 7.97. The van der Waals surface area contributed by atoms with Crippen LogP contribution < -0.4 is 11.1 Å². The van der Waals surface area contributed by atoms with Crippen LogP contribution in [-0.2, 0) is 9.59 Å². The van der Waals surface area contributed by atoms with Gasteiger partial charge in [0.15, 0.2) is 0 Å². The lowest BCUT2D eigenvalue weighted by Crippen LogP contribution is -2.40. The third-order valence-electron chi connectivity index (χ3n) is 2.87. The molecule has 0 radical (unpaired) electrons. The van der Waals surface area contributed by atoms with Gasteiger partial charge in [-0.15, -0.1) is 12.3 Å². The first-order chi connectivity index (χ1) is 9.54. The number of carboxylic acid groups (broad SMARTS) is 1. The predicted octanol–water partition coefficient (Wildman–Crippen LogP) is 1.06. The van der Waals surface area contributed by atoms with Crippen molar-refractivity contribution >= 4 is 11.9 Å². The normalized spacial score (nSPS) is 13.0. The number of carboxylic acids is 1. The van der Waals surface area contributed by atoms with Crippen LogP contribution in [0.1, 0.15) is 30.9 Å². The summed E-state index contributed by atoms with van der Waals surface area (Å²) >= 11 is 0. The number of benzene rings is 1. The van der Waals surface area contributed by atoms with E-state index in [2.05, 4.69) is 11.2 Å². The lowest BCUT2D eigenvalue weighted by Gasteiger charge is -2.14. The van der Waals surface area contributed by atoms with Gasteiger partial charge in [-0.05, 0) is 12.0 Å². The molecule has 20 heavy (non-hydrogen) atoms. The number of hydrogen-bond donors (Lipinski definition) is 3. The van der Waals surface area contributed by atoms with E-state index >= 15 is 0 Å². The van der Waals surface area contributed by atoms with E-state index in [9.17, 15) is 9.59 Å². The number of nitrogens with two attached hydrogens (primary N) is 1. The van der Waals surface area contributed by atoms with Gasteiger partial charge in [0.1, 0.15) is 6.04 Å². The van der Waals surface area contributed by atoms with Crippen molar-refractivity contribution in [1.29, 1.82) is 0 Å². The van der Waals surface area contributed by atoms with Gasteiger partial charge >= 0.3 is 5.97 Å². The third-order valence-corrected chi connectivity index (χ3v) is 2.87. The summed E-state index contributed by atoms with van der Waals surface area (Å²) < 4.78 is 0. The second-order valence-corrected chi connectivity index (χ2v) is 4.42. The number of aliphatic carboxylic acids is 1. The molecule has 0 aliphatic heterocycles. The molecule has 0 spiro atoms. The van der Waals surface area contributed by atoms with Crippen LogP contribution >= 0.6 is 0 Å². The van der Waals surface area contributed by atoms with Crippen molar-refractivity contribution in [3.8, 4) is 12.3 Å². The lowest BCUT2D eigenvalue weighted by molar-refractivity contribution is -0.141. The summed E-state index contributed by atoms with van der Waals surface area (Å²) in [6, 6.07) is 8.13. The standard InChI is InChI=1S/C15H18N2O3/c1-2-6-13(15(19)20)17-14(18)10-9-12(16)11-7-4-3-5-8-11/h1,3-5,7-8,12-13H,6,9-10,16H2,(H,17,18)(H,19,20). The van der Waals surface area contributed by atoms with E-state index in [0.29, 0.717) is 6.42 Å². The van der Waals surface area contributed by atoms with Crippen LogP contribution in [0.15, 0.2) is 30.3 Å². The fraction of sp³-hybridized carbons (Fsp3) is 0.333. The van der Waals surface area contributed by atoms with Crippen molar-refractivity contribution in [3.63, 3.8) is 0 Å². The SMILES string of the molecule is C#CCC(NC(=O)CCC(N)c1ccccc1)C(=O)O. The van der Waals surface area contributed by atoms with E-state index in [1.165, 1.54) is 0 Å². The van der Waals surface area contributed by atoms with E-state index in [-0.39, 0.29) is 24.8 Å². The molecular formula is C15H18N2O3. The average molecular weight is 274 g/mol. The Morgan fingerprint density at radius 3 is 2.55 bits per heavy atom. The van der Waals surface area contributed by atoms with E-state index in [1.54, 1.807) is 0 Å². The molecule has 0 aliphatic rings. The Kier molecular flexibility index (Phi) is 6.27. The van der Waals surface area contributed by atoms with E-state index in [0.717, 1.165) is 5.56 Å². The van der Waals surface area contributed by atoms with Crippen molar-refractivity contribution in [2.24, 2.45) is 5.73 Å². The molecular weight excluding hydrogens is 256 g/mol. The predicted molar refractivity (Wildman–Crippen MR) is 75.6 cm³/mol. The average Bonchev–Trinajstić information content (AvgIpc) is 2.45. The first kappa shape index (κ1) is 15.7. The number of nitrogens with one attached hydrogen (secondary N) is 1. The molecule has 1 amide bonds. The molecule has 2 atom stereocenters. The highest BCUT2D eigenvalue weighted by molar-refractivity contribution is 5.83. The second-order valence-electron chi connectivity index (χ2n) is 4.42. The van der Waals surface area contributed by atoms with Crippen LogP contribution in [0.3, 0.4) is 0 Å². The van der Waals surface area contributed by atoms with Gasteiger partial charge in [-0.25, -0.2) is 4.79 Å². The highest BCUT2D eigenvalue weighted by atomic mass is 16.4. The Labute approximate surface area is 118 Å². The minimum atomic E-state index is -1.14. The molecule has 106 valence electrons. The van der Waals surface area contributed by atoms with E-state index < -0.39 is 12.0 Å². The molecule has 4 N–H and O–H groups in total. The van der Waals surface area contributed by atoms with Gasteiger partial charge < -0.3 is 16.2 Å². The first-order valence-electron chi connectivity index (χ1n) is 6.30. The Balaban J connectivity index is 2.43. The number of carbonyl (C=O) groups is 2. The molecule has 2 unspecified atom stereocenters. The van der Waals surface area contributed by atoms with Crippen molar-refractivity contribution in [1.82, 2.24) is 5.32 Å². The zero-order valence-electron chi connectivity index (χ0n) is 11.1. The minimum Gasteiger partial charge on any atom is -0.480 e. The molecule has 0 saturated heterocycles. The third kappa shape index (κ3) is 5.12. The summed E-state index contributed by atoms with van der Waals surface area (Å²) in [7, 11) is 0. The lowest BCUT2D eigenvalue weighted by atomic mass is 10.0.